The third-order valence-corrected chi connectivity index (χ3v) is 6.65. The van der Waals surface area contributed by atoms with Crippen LogP contribution < -0.4 is 10.6 Å². The zero-order valence-corrected chi connectivity index (χ0v) is 22.8. The number of benzene rings is 2. The molecule has 2 aromatic heterocycles. The standard InChI is InChI=1S/C29H30ClFN6O2/c1-29(2,3)39-28(38)36-14-12-35(13-15-36)21-4-6-22(7-5-21)37-18-24(23-16-20(30)17-25(32)26(23)31)27(34-37)19-8-10-33-11-9-19/h4-11,16-18H,12-15,32H2,1-3H3. The lowest BCUT2D eigenvalue weighted by Crippen LogP contribution is -2.50. The zero-order chi connectivity index (χ0) is 27.7. The minimum atomic E-state index is -0.546. The summed E-state index contributed by atoms with van der Waals surface area (Å²) in [5.74, 6) is -0.546. The molecule has 0 unspecified atom stereocenters. The van der Waals surface area contributed by atoms with Crippen molar-refractivity contribution in [1.29, 1.82) is 0 Å². The van der Waals surface area contributed by atoms with Crippen molar-refractivity contribution in [2.45, 2.75) is 26.4 Å². The number of nitrogen functional groups attached to an aromatic ring is 1. The molecule has 1 saturated heterocycles. The fourth-order valence-corrected chi connectivity index (χ4v) is 4.75. The predicted octanol–water partition coefficient (Wildman–Crippen LogP) is 6.03. The molecule has 202 valence electrons. The van der Waals surface area contributed by atoms with Gasteiger partial charge in [-0.05, 0) is 69.3 Å². The molecule has 2 N–H and O–H groups in total. The average Bonchev–Trinajstić information content (AvgIpc) is 3.36. The highest BCUT2D eigenvalue weighted by molar-refractivity contribution is 6.31. The van der Waals surface area contributed by atoms with E-state index in [2.05, 4.69) is 9.88 Å². The van der Waals surface area contributed by atoms with E-state index in [1.165, 1.54) is 6.07 Å². The van der Waals surface area contributed by atoms with Gasteiger partial charge in [0.2, 0.25) is 0 Å². The number of ether oxygens (including phenoxy) is 1. The summed E-state index contributed by atoms with van der Waals surface area (Å²) in [5.41, 5.74) is 9.39. The molecule has 1 aliphatic rings. The van der Waals surface area contributed by atoms with Crippen molar-refractivity contribution < 1.29 is 13.9 Å². The highest BCUT2D eigenvalue weighted by atomic mass is 35.5. The molecule has 0 spiro atoms. The fraction of sp³-hybridized carbons (Fsp3) is 0.276. The van der Waals surface area contributed by atoms with Gasteiger partial charge in [-0.15, -0.1) is 0 Å². The Morgan fingerprint density at radius 2 is 1.62 bits per heavy atom. The summed E-state index contributed by atoms with van der Waals surface area (Å²) >= 11 is 6.22. The number of aromatic nitrogens is 3. The summed E-state index contributed by atoms with van der Waals surface area (Å²) < 4.78 is 22.3. The van der Waals surface area contributed by atoms with Crippen molar-refractivity contribution in [3.05, 3.63) is 78.0 Å². The van der Waals surface area contributed by atoms with Crippen LogP contribution in [0.25, 0.3) is 28.1 Å². The second-order valence-electron chi connectivity index (χ2n) is 10.4. The van der Waals surface area contributed by atoms with Gasteiger partial charge in [0.25, 0.3) is 0 Å². The molecule has 1 fully saturated rings. The van der Waals surface area contributed by atoms with Crippen LogP contribution in [0.1, 0.15) is 20.8 Å². The molecule has 39 heavy (non-hydrogen) atoms. The van der Waals surface area contributed by atoms with Crippen LogP contribution in [0.5, 0.6) is 0 Å². The van der Waals surface area contributed by atoms with Crippen LogP contribution in [0.3, 0.4) is 0 Å². The zero-order valence-electron chi connectivity index (χ0n) is 22.1. The van der Waals surface area contributed by atoms with Gasteiger partial charge in [-0.25, -0.2) is 13.9 Å². The smallest absolute Gasteiger partial charge is 0.410 e. The van der Waals surface area contributed by atoms with E-state index in [1.54, 1.807) is 34.2 Å². The molecule has 0 atom stereocenters. The fourth-order valence-electron chi connectivity index (χ4n) is 4.52. The van der Waals surface area contributed by atoms with E-state index in [9.17, 15) is 4.79 Å². The molecule has 0 aliphatic carbocycles. The number of nitrogens with two attached hydrogens (primary N) is 1. The first-order valence-corrected chi connectivity index (χ1v) is 13.0. The highest BCUT2D eigenvalue weighted by Crippen LogP contribution is 2.37. The molecule has 5 rings (SSSR count). The Labute approximate surface area is 231 Å². The number of anilines is 2. The summed E-state index contributed by atoms with van der Waals surface area (Å²) in [6, 6.07) is 14.6. The maximum Gasteiger partial charge on any atom is 0.410 e. The Morgan fingerprint density at radius 1 is 0.974 bits per heavy atom. The summed E-state index contributed by atoms with van der Waals surface area (Å²) in [7, 11) is 0. The number of hydrogen-bond donors (Lipinski definition) is 1. The summed E-state index contributed by atoms with van der Waals surface area (Å²) in [4.78, 5) is 20.4. The van der Waals surface area contributed by atoms with Crippen LogP contribution in [0.2, 0.25) is 5.02 Å². The lowest BCUT2D eigenvalue weighted by Gasteiger charge is -2.36. The maximum atomic E-state index is 15.1. The molecule has 3 heterocycles. The van der Waals surface area contributed by atoms with Crippen molar-refractivity contribution >= 4 is 29.1 Å². The minimum Gasteiger partial charge on any atom is -0.444 e. The molecular formula is C29H30ClFN6O2. The first-order chi connectivity index (χ1) is 18.6. The summed E-state index contributed by atoms with van der Waals surface area (Å²) in [6.07, 6.45) is 4.82. The normalized spacial score (nSPS) is 14.0. The maximum absolute atomic E-state index is 15.1. The van der Waals surface area contributed by atoms with E-state index in [1.807, 2.05) is 57.2 Å². The number of amides is 1. The van der Waals surface area contributed by atoms with Crippen molar-refractivity contribution in [1.82, 2.24) is 19.7 Å². The van der Waals surface area contributed by atoms with Gasteiger partial charge < -0.3 is 20.3 Å². The van der Waals surface area contributed by atoms with Crippen LogP contribution in [-0.2, 0) is 4.74 Å². The SMILES string of the molecule is CC(C)(C)OC(=O)N1CCN(c2ccc(-n3cc(-c4cc(Cl)cc(N)c4F)c(-c4ccncc4)n3)cc2)CC1. The highest BCUT2D eigenvalue weighted by Gasteiger charge is 2.26. The third kappa shape index (κ3) is 5.83. The number of pyridine rings is 1. The van der Waals surface area contributed by atoms with Crippen molar-refractivity contribution in [3.8, 4) is 28.1 Å². The molecule has 10 heteroatoms. The van der Waals surface area contributed by atoms with E-state index in [0.29, 0.717) is 42.5 Å². The number of hydrogen-bond acceptors (Lipinski definition) is 6. The molecule has 1 amide bonds. The second-order valence-corrected chi connectivity index (χ2v) is 10.8. The molecule has 0 radical (unpaired) electrons. The largest absolute Gasteiger partial charge is 0.444 e. The number of rotatable bonds is 4. The van der Waals surface area contributed by atoms with Gasteiger partial charge in [-0.2, -0.15) is 5.10 Å². The predicted molar refractivity (Wildman–Crippen MR) is 152 cm³/mol. The Balaban J connectivity index is 1.39. The second kappa shape index (κ2) is 10.6. The molecule has 4 aromatic rings. The lowest BCUT2D eigenvalue weighted by molar-refractivity contribution is 0.0240. The van der Waals surface area contributed by atoms with Gasteiger partial charge in [0.15, 0.2) is 5.82 Å². The van der Waals surface area contributed by atoms with Crippen LogP contribution in [0.15, 0.2) is 67.1 Å². The molecule has 8 nitrogen and oxygen atoms in total. The Kier molecular flexibility index (Phi) is 7.18. The Hall–Kier alpha value is -4.11. The van der Waals surface area contributed by atoms with Crippen molar-refractivity contribution in [2.24, 2.45) is 0 Å². The van der Waals surface area contributed by atoms with Crippen LogP contribution in [0.4, 0.5) is 20.6 Å². The summed E-state index contributed by atoms with van der Waals surface area (Å²) in [5, 5.41) is 5.14. The van der Waals surface area contributed by atoms with E-state index in [-0.39, 0.29) is 17.3 Å². The summed E-state index contributed by atoms with van der Waals surface area (Å²) in [6.45, 7) is 8.18. The molecule has 0 bridgehead atoms. The van der Waals surface area contributed by atoms with E-state index in [0.717, 1.165) is 16.9 Å². The van der Waals surface area contributed by atoms with Gasteiger partial charge in [0.05, 0.1) is 11.4 Å². The average molecular weight is 549 g/mol. The van der Waals surface area contributed by atoms with E-state index in [4.69, 9.17) is 27.2 Å². The monoisotopic (exact) mass is 548 g/mol. The van der Waals surface area contributed by atoms with Crippen LogP contribution in [0, 0.1) is 5.82 Å². The van der Waals surface area contributed by atoms with Gasteiger partial charge in [0, 0.05) is 72.2 Å². The number of nitrogens with zero attached hydrogens (tertiary/aromatic N) is 5. The van der Waals surface area contributed by atoms with Gasteiger partial charge in [-0.1, -0.05) is 11.6 Å². The Bertz CT molecular complexity index is 1480. The van der Waals surface area contributed by atoms with E-state index < -0.39 is 11.4 Å². The number of carbonyl (C=O) groups excluding carboxylic acids is 1. The van der Waals surface area contributed by atoms with Crippen LogP contribution >= 0.6 is 11.6 Å². The van der Waals surface area contributed by atoms with Crippen molar-refractivity contribution in [3.63, 3.8) is 0 Å². The minimum absolute atomic E-state index is 0.0259. The topological polar surface area (TPSA) is 89.5 Å². The first kappa shape index (κ1) is 26.5. The third-order valence-electron chi connectivity index (χ3n) is 6.43. The molecular weight excluding hydrogens is 519 g/mol. The van der Waals surface area contributed by atoms with Crippen LogP contribution in [-0.4, -0.2) is 57.5 Å². The van der Waals surface area contributed by atoms with Gasteiger partial charge in [0.1, 0.15) is 11.3 Å². The first-order valence-electron chi connectivity index (χ1n) is 12.7. The number of piperazine rings is 1. The van der Waals surface area contributed by atoms with Crippen molar-refractivity contribution in [2.75, 3.05) is 36.8 Å². The van der Waals surface area contributed by atoms with Gasteiger partial charge >= 0.3 is 6.09 Å². The number of halogens is 2. The molecule has 2 aromatic carbocycles. The lowest BCUT2D eigenvalue weighted by atomic mass is 10.0. The Morgan fingerprint density at radius 3 is 2.26 bits per heavy atom. The number of carbonyl (C=O) groups is 1. The molecule has 1 aliphatic heterocycles. The van der Waals surface area contributed by atoms with E-state index >= 15 is 4.39 Å². The van der Waals surface area contributed by atoms with Gasteiger partial charge in [-0.3, -0.25) is 4.98 Å². The quantitative estimate of drug-likeness (QED) is 0.313. The molecule has 0 saturated carbocycles.